The van der Waals surface area contributed by atoms with Crippen LogP contribution in [-0.2, 0) is 4.79 Å². The summed E-state index contributed by atoms with van der Waals surface area (Å²) in [5.74, 6) is 1.17. The molecule has 0 aliphatic rings. The molecule has 2 aromatic carbocycles. The van der Waals surface area contributed by atoms with Gasteiger partial charge in [-0.05, 0) is 42.2 Å². The van der Waals surface area contributed by atoms with Crippen molar-refractivity contribution in [2.45, 2.75) is 15.6 Å². The number of rotatable bonds is 8. The summed E-state index contributed by atoms with van der Waals surface area (Å²) in [5.41, 5.74) is 2.24. The first kappa shape index (κ1) is 19.5. The first-order valence-electron chi connectivity index (χ1n) is 8.19. The highest BCUT2D eigenvalue weighted by atomic mass is 32.2. The quantitative estimate of drug-likeness (QED) is 0.372. The minimum atomic E-state index is -0.0847. The van der Waals surface area contributed by atoms with Gasteiger partial charge >= 0.3 is 0 Å². The molecular formula is C18H17N5OS3. The van der Waals surface area contributed by atoms with Crippen molar-refractivity contribution in [3.63, 3.8) is 0 Å². The van der Waals surface area contributed by atoms with Crippen LogP contribution < -0.4 is 5.32 Å². The van der Waals surface area contributed by atoms with E-state index in [0.717, 1.165) is 31.5 Å². The van der Waals surface area contributed by atoms with E-state index in [-0.39, 0.29) is 5.91 Å². The minimum absolute atomic E-state index is 0.0847. The van der Waals surface area contributed by atoms with Crippen LogP contribution in [0.25, 0.3) is 0 Å². The Balaban J connectivity index is 1.48. The molecule has 6 nitrogen and oxygen atoms in total. The molecule has 0 atom stereocenters. The maximum absolute atomic E-state index is 12.1. The fourth-order valence-corrected chi connectivity index (χ4v) is 4.70. The zero-order valence-electron chi connectivity index (χ0n) is 14.5. The fraction of sp³-hybridized carbons (Fsp3) is 0.167. The largest absolute Gasteiger partial charge is 0.325 e. The molecule has 1 N–H and O–H groups in total. The fourth-order valence-electron chi connectivity index (χ4n) is 1.98. The molecular weight excluding hydrogens is 398 g/mol. The van der Waals surface area contributed by atoms with E-state index in [1.54, 1.807) is 11.8 Å². The summed E-state index contributed by atoms with van der Waals surface area (Å²) in [5, 5.41) is 19.4. The first-order valence-corrected chi connectivity index (χ1v) is 11.0. The number of amides is 1. The second-order valence-electron chi connectivity index (χ2n) is 5.19. The third-order valence-corrected chi connectivity index (χ3v) is 6.24. The normalized spacial score (nSPS) is 11.0. The molecule has 3 rings (SSSR count). The third kappa shape index (κ3) is 6.46. The van der Waals surface area contributed by atoms with Gasteiger partial charge in [-0.3, -0.25) is 4.79 Å². The Morgan fingerprint density at radius 2 is 1.59 bits per heavy atom. The highest BCUT2D eigenvalue weighted by Crippen LogP contribution is 2.28. The van der Waals surface area contributed by atoms with E-state index in [2.05, 4.69) is 32.7 Å². The predicted octanol–water partition coefficient (Wildman–Crippen LogP) is 5.80. The van der Waals surface area contributed by atoms with E-state index < -0.39 is 0 Å². The molecule has 9 heteroatoms. The summed E-state index contributed by atoms with van der Waals surface area (Å²) in [4.78, 5) is 12.1. The van der Waals surface area contributed by atoms with Crippen molar-refractivity contribution in [3.05, 3.63) is 54.6 Å². The van der Waals surface area contributed by atoms with Crippen molar-refractivity contribution in [2.24, 2.45) is 10.2 Å². The topological polar surface area (TPSA) is 79.6 Å². The standard InChI is InChI=1S/C18H17N5OS3/c1-2-25-17-22-23-18(27-17)26-12-16(24)19-13-8-10-15(11-9-13)21-20-14-6-4-3-5-7-14/h3-11H,2,12H2,1H3,(H,19,24). The molecule has 1 heterocycles. The number of benzene rings is 2. The highest BCUT2D eigenvalue weighted by Gasteiger charge is 2.08. The molecule has 0 spiro atoms. The van der Waals surface area contributed by atoms with Crippen molar-refractivity contribution >= 4 is 57.8 Å². The SMILES string of the molecule is CCSc1nnc(SCC(=O)Nc2ccc(N=Nc3ccccc3)cc2)s1. The van der Waals surface area contributed by atoms with E-state index >= 15 is 0 Å². The molecule has 1 amide bonds. The van der Waals surface area contributed by atoms with Crippen LogP contribution in [0, 0.1) is 0 Å². The maximum atomic E-state index is 12.1. The number of nitrogens with zero attached hydrogens (tertiary/aromatic N) is 4. The van der Waals surface area contributed by atoms with Crippen LogP contribution >= 0.6 is 34.9 Å². The van der Waals surface area contributed by atoms with Crippen LogP contribution in [-0.4, -0.2) is 27.6 Å². The van der Waals surface area contributed by atoms with Gasteiger partial charge in [0.15, 0.2) is 8.68 Å². The Labute approximate surface area is 169 Å². The lowest BCUT2D eigenvalue weighted by molar-refractivity contribution is -0.113. The van der Waals surface area contributed by atoms with E-state index in [1.807, 2.05) is 54.6 Å². The number of nitrogens with one attached hydrogen (secondary N) is 1. The number of carbonyl (C=O) groups is 1. The Bertz CT molecular complexity index is 897. The van der Waals surface area contributed by atoms with Crippen molar-refractivity contribution in [2.75, 3.05) is 16.8 Å². The van der Waals surface area contributed by atoms with Crippen LogP contribution in [0.5, 0.6) is 0 Å². The average Bonchev–Trinajstić information content (AvgIpc) is 3.15. The lowest BCUT2D eigenvalue weighted by atomic mass is 10.3. The van der Waals surface area contributed by atoms with Crippen molar-refractivity contribution in [1.29, 1.82) is 0 Å². The molecule has 0 saturated heterocycles. The average molecular weight is 416 g/mol. The lowest BCUT2D eigenvalue weighted by Crippen LogP contribution is -2.13. The molecule has 0 fully saturated rings. The molecule has 0 aliphatic carbocycles. The number of hydrogen-bond acceptors (Lipinski definition) is 8. The predicted molar refractivity (Wildman–Crippen MR) is 113 cm³/mol. The molecule has 0 saturated carbocycles. The third-order valence-electron chi connectivity index (χ3n) is 3.17. The van der Waals surface area contributed by atoms with E-state index in [0.29, 0.717) is 5.75 Å². The lowest BCUT2D eigenvalue weighted by Gasteiger charge is -2.04. The summed E-state index contributed by atoms with van der Waals surface area (Å²) in [6, 6.07) is 16.8. The number of carbonyl (C=O) groups excluding carboxylic acids is 1. The minimum Gasteiger partial charge on any atom is -0.325 e. The summed E-state index contributed by atoms with van der Waals surface area (Å²) in [7, 11) is 0. The summed E-state index contributed by atoms with van der Waals surface area (Å²) < 4.78 is 1.73. The summed E-state index contributed by atoms with van der Waals surface area (Å²) in [6.07, 6.45) is 0. The van der Waals surface area contributed by atoms with Crippen molar-refractivity contribution in [3.8, 4) is 0 Å². The smallest absolute Gasteiger partial charge is 0.234 e. The van der Waals surface area contributed by atoms with Crippen LogP contribution in [0.2, 0.25) is 0 Å². The molecule has 3 aromatic rings. The molecule has 27 heavy (non-hydrogen) atoms. The second-order valence-corrected chi connectivity index (χ2v) is 8.90. The molecule has 0 bridgehead atoms. The number of thioether (sulfide) groups is 2. The Hall–Kier alpha value is -2.23. The number of hydrogen-bond donors (Lipinski definition) is 1. The molecule has 1 aromatic heterocycles. The number of aromatic nitrogens is 2. The molecule has 0 aliphatic heterocycles. The number of anilines is 1. The number of azo groups is 1. The van der Waals surface area contributed by atoms with Crippen LogP contribution in [0.1, 0.15) is 6.92 Å². The van der Waals surface area contributed by atoms with Gasteiger partial charge in [-0.15, -0.1) is 10.2 Å². The van der Waals surface area contributed by atoms with Gasteiger partial charge in [0.1, 0.15) is 0 Å². The zero-order chi connectivity index (χ0) is 18.9. The first-order chi connectivity index (χ1) is 13.2. The van der Waals surface area contributed by atoms with E-state index in [1.165, 1.54) is 23.1 Å². The van der Waals surface area contributed by atoms with Crippen LogP contribution in [0.3, 0.4) is 0 Å². The molecule has 138 valence electrons. The highest BCUT2D eigenvalue weighted by molar-refractivity contribution is 8.03. The van der Waals surface area contributed by atoms with Crippen molar-refractivity contribution < 1.29 is 4.79 Å². The van der Waals surface area contributed by atoms with E-state index in [4.69, 9.17) is 0 Å². The van der Waals surface area contributed by atoms with Gasteiger partial charge in [-0.25, -0.2) is 0 Å². The van der Waals surface area contributed by atoms with Gasteiger partial charge in [-0.1, -0.05) is 60.0 Å². The Morgan fingerprint density at radius 1 is 0.963 bits per heavy atom. The Morgan fingerprint density at radius 3 is 2.26 bits per heavy atom. The maximum Gasteiger partial charge on any atom is 0.234 e. The van der Waals surface area contributed by atoms with Crippen LogP contribution in [0.4, 0.5) is 17.1 Å². The van der Waals surface area contributed by atoms with Crippen LogP contribution in [0.15, 0.2) is 73.5 Å². The van der Waals surface area contributed by atoms with Crippen molar-refractivity contribution in [1.82, 2.24) is 10.2 Å². The zero-order valence-corrected chi connectivity index (χ0v) is 17.0. The van der Waals surface area contributed by atoms with E-state index in [9.17, 15) is 4.79 Å². The molecule has 0 unspecified atom stereocenters. The van der Waals surface area contributed by atoms with Gasteiger partial charge in [0, 0.05) is 5.69 Å². The molecule has 0 radical (unpaired) electrons. The van der Waals surface area contributed by atoms with Gasteiger partial charge in [-0.2, -0.15) is 10.2 Å². The van der Waals surface area contributed by atoms with Gasteiger partial charge in [0.05, 0.1) is 17.1 Å². The van der Waals surface area contributed by atoms with Gasteiger partial charge in [0.2, 0.25) is 5.91 Å². The monoisotopic (exact) mass is 415 g/mol. The second kappa shape index (κ2) is 10.2. The van der Waals surface area contributed by atoms with Gasteiger partial charge in [0.25, 0.3) is 0 Å². The summed E-state index contributed by atoms with van der Waals surface area (Å²) >= 11 is 4.55. The van der Waals surface area contributed by atoms with Gasteiger partial charge < -0.3 is 5.32 Å². The summed E-state index contributed by atoms with van der Waals surface area (Å²) in [6.45, 7) is 2.07. The Kier molecular flexibility index (Phi) is 7.37.